The Morgan fingerprint density at radius 1 is 0.750 bits per heavy atom. The third kappa shape index (κ3) is 3.14. The normalized spacial score (nSPS) is 13.3. The van der Waals surface area contributed by atoms with E-state index in [0.717, 1.165) is 0 Å². The lowest BCUT2D eigenvalue weighted by Crippen LogP contribution is -2.09. The van der Waals surface area contributed by atoms with E-state index in [1.54, 1.807) is 0 Å². The maximum Gasteiger partial charge on any atom is 0.296 e. The Hall–Kier alpha value is -1.97. The summed E-state index contributed by atoms with van der Waals surface area (Å²) in [6, 6.07) is 1.32. The summed E-state index contributed by atoms with van der Waals surface area (Å²) in [4.78, 5) is -3.21. The first-order valence-corrected chi connectivity index (χ1v) is 9.97. The molecule has 24 heavy (non-hydrogen) atoms. The maximum atomic E-state index is 11.5. The van der Waals surface area contributed by atoms with Crippen molar-refractivity contribution < 1.29 is 44.0 Å². The van der Waals surface area contributed by atoms with Gasteiger partial charge < -0.3 is 10.8 Å². The third-order valence-corrected chi connectivity index (χ3v) is 5.63. The first-order chi connectivity index (χ1) is 10.6. The van der Waals surface area contributed by atoms with Crippen LogP contribution in [0.2, 0.25) is 0 Å². The second-order valence-corrected chi connectivity index (χ2v) is 8.78. The van der Waals surface area contributed by atoms with Gasteiger partial charge in [-0.25, -0.2) is 0 Å². The Kier molecular flexibility index (Phi) is 4.03. The predicted octanol–water partition coefficient (Wildman–Crippen LogP) is -0.132. The number of hydrogen-bond acceptors (Lipinski definition) is 8. The molecule has 2 aromatic carbocycles. The van der Waals surface area contributed by atoms with E-state index >= 15 is 0 Å². The number of fused-ring (bicyclic) bond motifs is 1. The summed E-state index contributed by atoms with van der Waals surface area (Å²) in [7, 11) is -15.0. The van der Waals surface area contributed by atoms with Crippen molar-refractivity contribution in [3.63, 3.8) is 0 Å². The molecule has 0 radical (unpaired) electrons. The molecule has 14 heteroatoms. The van der Waals surface area contributed by atoms with Gasteiger partial charge in [-0.2, -0.15) is 25.3 Å². The van der Waals surface area contributed by atoms with E-state index in [9.17, 15) is 34.9 Å². The fraction of sp³-hybridized carbons (Fsp3) is 0. The van der Waals surface area contributed by atoms with E-state index in [4.69, 9.17) is 14.8 Å². The summed E-state index contributed by atoms with van der Waals surface area (Å²) in [5.74, 6) is -1.01. The minimum Gasteiger partial charge on any atom is -0.507 e. The topological polar surface area (TPSA) is 209 Å². The molecule has 0 spiro atoms. The van der Waals surface area contributed by atoms with E-state index in [2.05, 4.69) is 0 Å². The highest BCUT2D eigenvalue weighted by atomic mass is 32.2. The number of phenolic OH excluding ortho intramolecular Hbond substituents is 1. The number of anilines is 1. The molecule has 2 rings (SSSR count). The fourth-order valence-electron chi connectivity index (χ4n) is 2.05. The largest absolute Gasteiger partial charge is 0.507 e. The molecule has 0 aliphatic rings. The van der Waals surface area contributed by atoms with Crippen LogP contribution < -0.4 is 5.73 Å². The molecule has 0 saturated carbocycles. The number of benzene rings is 2. The van der Waals surface area contributed by atoms with Gasteiger partial charge in [0, 0.05) is 16.8 Å². The van der Waals surface area contributed by atoms with Crippen molar-refractivity contribution in [2.24, 2.45) is 0 Å². The quantitative estimate of drug-likeness (QED) is 0.339. The average Bonchev–Trinajstić information content (AvgIpc) is 2.33. The van der Waals surface area contributed by atoms with Crippen molar-refractivity contribution in [1.29, 1.82) is 0 Å². The van der Waals surface area contributed by atoms with Crippen LogP contribution in [-0.4, -0.2) is 44.0 Å². The molecule has 0 atom stereocenters. The Morgan fingerprint density at radius 2 is 1.25 bits per heavy atom. The maximum absolute atomic E-state index is 11.5. The molecule has 6 N–H and O–H groups in total. The first kappa shape index (κ1) is 18.4. The molecular weight excluding hydrogens is 390 g/mol. The summed E-state index contributed by atoms with van der Waals surface area (Å²) in [5.41, 5.74) is 4.70. The molecule has 0 bridgehead atoms. The molecular formula is C10H9NO10S3. The molecule has 0 unspecified atom stereocenters. The number of rotatable bonds is 3. The van der Waals surface area contributed by atoms with Crippen molar-refractivity contribution in [1.82, 2.24) is 0 Å². The zero-order chi connectivity index (χ0) is 18.7. The number of aromatic hydroxyl groups is 1. The number of phenols is 1. The van der Waals surface area contributed by atoms with Gasteiger partial charge in [-0.3, -0.25) is 13.7 Å². The summed E-state index contributed by atoms with van der Waals surface area (Å²) >= 11 is 0. The van der Waals surface area contributed by atoms with Crippen LogP contribution in [0.1, 0.15) is 0 Å². The Morgan fingerprint density at radius 3 is 1.67 bits per heavy atom. The van der Waals surface area contributed by atoms with Gasteiger partial charge in [-0.1, -0.05) is 0 Å². The van der Waals surface area contributed by atoms with E-state index < -0.39 is 67.3 Å². The van der Waals surface area contributed by atoms with E-state index in [1.807, 2.05) is 0 Å². The van der Waals surface area contributed by atoms with Crippen LogP contribution in [-0.2, 0) is 30.4 Å². The van der Waals surface area contributed by atoms with E-state index in [0.29, 0.717) is 12.1 Å². The van der Waals surface area contributed by atoms with E-state index in [1.165, 1.54) is 0 Å². The zero-order valence-corrected chi connectivity index (χ0v) is 13.7. The minimum absolute atomic E-state index is 0.287. The van der Waals surface area contributed by atoms with Gasteiger partial charge in [0.25, 0.3) is 30.4 Å². The molecule has 0 fully saturated rings. The molecule has 2 aromatic rings. The number of hydrogen-bond donors (Lipinski definition) is 5. The second kappa shape index (κ2) is 5.27. The zero-order valence-electron chi connectivity index (χ0n) is 11.3. The van der Waals surface area contributed by atoms with Crippen molar-refractivity contribution in [3.8, 4) is 5.75 Å². The van der Waals surface area contributed by atoms with Crippen LogP contribution in [0.3, 0.4) is 0 Å². The predicted molar refractivity (Wildman–Crippen MR) is 79.5 cm³/mol. The molecule has 0 saturated heterocycles. The van der Waals surface area contributed by atoms with Gasteiger partial charge in [0.1, 0.15) is 15.5 Å². The van der Waals surface area contributed by atoms with Gasteiger partial charge in [0.15, 0.2) is 0 Å². The van der Waals surface area contributed by atoms with Gasteiger partial charge in [-0.15, -0.1) is 0 Å². The molecule has 0 aromatic heterocycles. The number of nitrogen functional groups attached to an aromatic ring is 1. The van der Waals surface area contributed by atoms with Crippen LogP contribution in [0.4, 0.5) is 5.69 Å². The fourth-order valence-corrected chi connectivity index (χ4v) is 4.01. The second-order valence-electron chi connectivity index (χ2n) is 4.58. The van der Waals surface area contributed by atoms with Crippen molar-refractivity contribution >= 4 is 46.8 Å². The van der Waals surface area contributed by atoms with Crippen LogP contribution in [0.25, 0.3) is 10.8 Å². The van der Waals surface area contributed by atoms with Crippen LogP contribution in [0.15, 0.2) is 32.9 Å². The van der Waals surface area contributed by atoms with Gasteiger partial charge in [-0.05, 0) is 12.1 Å². The lowest BCUT2D eigenvalue weighted by Gasteiger charge is -2.13. The van der Waals surface area contributed by atoms with Gasteiger partial charge >= 0.3 is 0 Å². The molecule has 0 aliphatic carbocycles. The lowest BCUT2D eigenvalue weighted by atomic mass is 10.1. The van der Waals surface area contributed by atoms with Crippen LogP contribution in [0.5, 0.6) is 5.75 Å². The SMILES string of the molecule is Nc1c(S(=O)(=O)O)cc(S(=O)(=O)O)c2cc(S(=O)(=O)O)cc(O)c12. The van der Waals surface area contributed by atoms with Crippen molar-refractivity contribution in [2.75, 3.05) is 5.73 Å². The third-order valence-electron chi connectivity index (χ3n) is 3.01. The highest BCUT2D eigenvalue weighted by Crippen LogP contribution is 2.40. The van der Waals surface area contributed by atoms with Crippen LogP contribution in [0, 0.1) is 0 Å². The highest BCUT2D eigenvalue weighted by molar-refractivity contribution is 7.87. The minimum atomic E-state index is -5.13. The van der Waals surface area contributed by atoms with E-state index in [-0.39, 0.29) is 6.07 Å². The summed E-state index contributed by atoms with van der Waals surface area (Å²) in [6.45, 7) is 0. The smallest absolute Gasteiger partial charge is 0.296 e. The average molecular weight is 399 g/mol. The summed E-state index contributed by atoms with van der Waals surface area (Å²) in [6.07, 6.45) is 0. The standard InChI is InChI=1S/C10H9NO10S3/c11-10-8(24(19,20)21)3-7(23(16,17)18)5-1-4(22(13,14)15)2-6(12)9(5)10/h1-3,12H,11H2,(H,13,14,15)(H,16,17,18)(H,19,20,21). The van der Waals surface area contributed by atoms with Crippen molar-refractivity contribution in [2.45, 2.75) is 14.7 Å². The van der Waals surface area contributed by atoms with Crippen LogP contribution >= 0.6 is 0 Å². The Balaban J connectivity index is 3.23. The van der Waals surface area contributed by atoms with Gasteiger partial charge in [0.05, 0.1) is 10.6 Å². The summed E-state index contributed by atoms with van der Waals surface area (Å²) < 4.78 is 95.1. The Bertz CT molecular complexity index is 1180. The van der Waals surface area contributed by atoms with Crippen molar-refractivity contribution in [3.05, 3.63) is 18.2 Å². The first-order valence-electron chi connectivity index (χ1n) is 5.65. The summed E-state index contributed by atoms with van der Waals surface area (Å²) in [5, 5.41) is 8.52. The molecule has 132 valence electrons. The molecule has 0 aliphatic heterocycles. The monoisotopic (exact) mass is 399 g/mol. The lowest BCUT2D eigenvalue weighted by molar-refractivity contribution is 0.469. The Labute approximate surface area is 135 Å². The van der Waals surface area contributed by atoms with Gasteiger partial charge in [0.2, 0.25) is 0 Å². The molecule has 0 heterocycles. The highest BCUT2D eigenvalue weighted by Gasteiger charge is 2.27. The number of nitrogens with two attached hydrogens (primary N) is 1. The molecule has 0 amide bonds. The molecule has 11 nitrogen and oxygen atoms in total.